The molecule has 2 saturated heterocycles. The lowest BCUT2D eigenvalue weighted by molar-refractivity contribution is -0.123. The van der Waals surface area contributed by atoms with Crippen molar-refractivity contribution in [3.05, 3.63) is 0 Å². The maximum atomic E-state index is 11.9. The molecule has 4 rings (SSSR count). The van der Waals surface area contributed by atoms with Gasteiger partial charge in [0.05, 0.1) is 37.6 Å². The summed E-state index contributed by atoms with van der Waals surface area (Å²) in [4.78, 5) is 0. The van der Waals surface area contributed by atoms with Gasteiger partial charge in [-0.1, -0.05) is 20.8 Å². The van der Waals surface area contributed by atoms with E-state index in [0.717, 1.165) is 84.0 Å². The van der Waals surface area contributed by atoms with Gasteiger partial charge in [-0.2, -0.15) is 0 Å². The van der Waals surface area contributed by atoms with Crippen LogP contribution >= 0.6 is 11.6 Å². The minimum absolute atomic E-state index is 0.0995. The SMILES string of the molecule is CCC(O)(C1CCC(Cl)CC1)C(C)(C)CNCCCC1C2CCCNC2COC2CC[C@H](OCCO)C[C@@H]21. The molecule has 4 fully saturated rings. The Morgan fingerprint density at radius 3 is 2.61 bits per heavy atom. The van der Waals surface area contributed by atoms with Crippen molar-refractivity contribution in [1.82, 2.24) is 10.6 Å². The van der Waals surface area contributed by atoms with Crippen molar-refractivity contribution in [3.8, 4) is 0 Å². The highest BCUT2D eigenvalue weighted by molar-refractivity contribution is 6.20. The average molecular weight is 557 g/mol. The van der Waals surface area contributed by atoms with Crippen LogP contribution < -0.4 is 10.6 Å². The van der Waals surface area contributed by atoms with Gasteiger partial charge in [-0.3, -0.25) is 0 Å². The van der Waals surface area contributed by atoms with E-state index in [1.807, 2.05) is 0 Å². The average Bonchev–Trinajstić information content (AvgIpc) is 3.08. The topological polar surface area (TPSA) is 83.0 Å². The molecule has 0 spiro atoms. The van der Waals surface area contributed by atoms with Crippen molar-refractivity contribution in [2.24, 2.45) is 29.1 Å². The van der Waals surface area contributed by atoms with Gasteiger partial charge >= 0.3 is 0 Å². The summed E-state index contributed by atoms with van der Waals surface area (Å²) < 4.78 is 12.5. The van der Waals surface area contributed by atoms with E-state index in [2.05, 4.69) is 31.4 Å². The predicted octanol–water partition coefficient (Wildman–Crippen LogP) is 4.88. The third-order valence-electron chi connectivity index (χ3n) is 11.0. The number of fused-ring (bicyclic) bond motifs is 2. The standard InChI is InChI=1S/C31H57ClN2O4/c1-4-31(36,22-9-11-23(32)12-10-22)30(2,3)21-33-15-5-7-25-26-8-6-16-34-28(26)20-38-29-14-13-24(19-27(25)29)37-18-17-35/h22-29,33-36H,4-21H2,1-3H3/t22?,23?,24-,25?,26?,27+,28?,29?,31?/m0/s1. The number of aliphatic hydroxyl groups is 2. The quantitative estimate of drug-likeness (QED) is 0.202. The van der Waals surface area contributed by atoms with E-state index >= 15 is 0 Å². The smallest absolute Gasteiger partial charge is 0.0735 e. The van der Waals surface area contributed by atoms with Crippen LogP contribution in [-0.4, -0.2) is 78.9 Å². The number of alkyl halides is 1. The Kier molecular flexibility index (Phi) is 11.7. The molecule has 6 nitrogen and oxygen atoms in total. The molecule has 2 aliphatic heterocycles. The molecule has 5 unspecified atom stereocenters. The van der Waals surface area contributed by atoms with Crippen LogP contribution in [0.4, 0.5) is 0 Å². The first-order valence-corrected chi connectivity index (χ1v) is 16.4. The third-order valence-corrected chi connectivity index (χ3v) is 11.4. The van der Waals surface area contributed by atoms with E-state index in [0.29, 0.717) is 42.4 Å². The fraction of sp³-hybridized carbons (Fsp3) is 1.00. The number of halogens is 1. The van der Waals surface area contributed by atoms with Crippen molar-refractivity contribution in [1.29, 1.82) is 0 Å². The fourth-order valence-electron chi connectivity index (χ4n) is 8.68. The van der Waals surface area contributed by atoms with E-state index in [1.165, 1.54) is 19.3 Å². The predicted molar refractivity (Wildman–Crippen MR) is 155 cm³/mol. The second-order valence-electron chi connectivity index (χ2n) is 13.5. The van der Waals surface area contributed by atoms with Crippen LogP contribution in [0.3, 0.4) is 0 Å². The van der Waals surface area contributed by atoms with Crippen LogP contribution in [0.25, 0.3) is 0 Å². The highest BCUT2D eigenvalue weighted by Crippen LogP contribution is 2.47. The van der Waals surface area contributed by atoms with Crippen LogP contribution in [0.5, 0.6) is 0 Å². The Labute approximate surface area is 237 Å². The number of ether oxygens (including phenoxy) is 2. The molecule has 2 heterocycles. The molecule has 38 heavy (non-hydrogen) atoms. The lowest BCUT2D eigenvalue weighted by Gasteiger charge is -2.49. The van der Waals surface area contributed by atoms with Gasteiger partial charge < -0.3 is 30.3 Å². The largest absolute Gasteiger partial charge is 0.394 e. The number of aliphatic hydroxyl groups excluding tert-OH is 1. The Bertz CT molecular complexity index is 703. The molecule has 0 aromatic rings. The summed E-state index contributed by atoms with van der Waals surface area (Å²) in [5, 5.41) is 29.0. The number of rotatable bonds is 12. The number of hydrogen-bond acceptors (Lipinski definition) is 6. The second-order valence-corrected chi connectivity index (χ2v) is 14.1. The Morgan fingerprint density at radius 1 is 1.08 bits per heavy atom. The van der Waals surface area contributed by atoms with Gasteiger partial charge in [-0.15, -0.1) is 11.6 Å². The molecular weight excluding hydrogens is 500 g/mol. The Hall–Kier alpha value is 0.0500. The Morgan fingerprint density at radius 2 is 1.87 bits per heavy atom. The van der Waals surface area contributed by atoms with Crippen molar-refractivity contribution in [3.63, 3.8) is 0 Å². The summed E-state index contributed by atoms with van der Waals surface area (Å²) in [5.74, 6) is 2.20. The molecular formula is C31H57ClN2O4. The van der Waals surface area contributed by atoms with E-state index in [4.69, 9.17) is 21.1 Å². The van der Waals surface area contributed by atoms with Gasteiger partial charge in [0.1, 0.15) is 0 Å². The molecule has 2 aliphatic carbocycles. The lowest BCUT2D eigenvalue weighted by Crippen LogP contribution is -2.55. The zero-order valence-electron chi connectivity index (χ0n) is 24.4. The zero-order chi connectivity index (χ0) is 27.2. The molecule has 4 aliphatic rings. The van der Waals surface area contributed by atoms with Crippen LogP contribution in [0, 0.1) is 29.1 Å². The fourth-order valence-corrected chi connectivity index (χ4v) is 8.93. The maximum absolute atomic E-state index is 11.9. The van der Waals surface area contributed by atoms with Crippen molar-refractivity contribution >= 4 is 11.6 Å². The van der Waals surface area contributed by atoms with E-state index < -0.39 is 5.60 Å². The summed E-state index contributed by atoms with van der Waals surface area (Å²) in [6, 6.07) is 0.477. The van der Waals surface area contributed by atoms with Crippen LogP contribution in [-0.2, 0) is 9.47 Å². The molecule has 0 aromatic heterocycles. The Balaban J connectivity index is 1.33. The van der Waals surface area contributed by atoms with Gasteiger partial charge in [0.2, 0.25) is 0 Å². The highest BCUT2D eigenvalue weighted by Gasteiger charge is 2.48. The first-order chi connectivity index (χ1) is 18.3. The van der Waals surface area contributed by atoms with Gasteiger partial charge in [0.25, 0.3) is 0 Å². The highest BCUT2D eigenvalue weighted by atomic mass is 35.5. The second kappa shape index (κ2) is 14.3. The molecule has 7 atom stereocenters. The van der Waals surface area contributed by atoms with E-state index in [-0.39, 0.29) is 23.5 Å². The van der Waals surface area contributed by atoms with E-state index in [1.54, 1.807) is 0 Å². The minimum Gasteiger partial charge on any atom is -0.394 e. The summed E-state index contributed by atoms with van der Waals surface area (Å²) in [6.07, 6.45) is 13.6. The monoisotopic (exact) mass is 556 g/mol. The molecule has 7 heteroatoms. The van der Waals surface area contributed by atoms with Gasteiger partial charge in [0.15, 0.2) is 0 Å². The molecule has 4 N–H and O–H groups in total. The number of hydrogen-bond donors (Lipinski definition) is 4. The van der Waals surface area contributed by atoms with Crippen molar-refractivity contribution in [2.45, 2.75) is 127 Å². The van der Waals surface area contributed by atoms with E-state index in [9.17, 15) is 10.2 Å². The van der Waals surface area contributed by atoms with Gasteiger partial charge in [0, 0.05) is 23.4 Å². The van der Waals surface area contributed by atoms with Crippen LogP contribution in [0.1, 0.15) is 97.8 Å². The summed E-state index contributed by atoms with van der Waals surface area (Å²) in [6.45, 7) is 11.0. The summed E-state index contributed by atoms with van der Waals surface area (Å²) in [5.41, 5.74) is -0.846. The van der Waals surface area contributed by atoms with Crippen molar-refractivity contribution in [2.75, 3.05) is 39.5 Å². The summed E-state index contributed by atoms with van der Waals surface area (Å²) >= 11 is 6.37. The molecule has 0 amide bonds. The van der Waals surface area contributed by atoms with Gasteiger partial charge in [-0.25, -0.2) is 0 Å². The maximum Gasteiger partial charge on any atom is 0.0735 e. The third kappa shape index (κ3) is 7.27. The summed E-state index contributed by atoms with van der Waals surface area (Å²) in [7, 11) is 0. The van der Waals surface area contributed by atoms with Crippen molar-refractivity contribution < 1.29 is 19.7 Å². The molecule has 0 aromatic carbocycles. The lowest BCUT2D eigenvalue weighted by atomic mass is 9.62. The first-order valence-electron chi connectivity index (χ1n) is 15.9. The molecule has 222 valence electrons. The zero-order valence-corrected chi connectivity index (χ0v) is 25.2. The first kappa shape index (κ1) is 31.0. The molecule has 0 radical (unpaired) electrons. The number of nitrogens with one attached hydrogen (secondary N) is 2. The minimum atomic E-state index is -0.657. The van der Waals surface area contributed by atoms with Gasteiger partial charge in [-0.05, 0) is 114 Å². The molecule has 2 saturated carbocycles. The normalized spacial score (nSPS) is 38.1. The molecule has 0 bridgehead atoms. The number of piperidine rings is 1. The van der Waals surface area contributed by atoms with Crippen LogP contribution in [0.2, 0.25) is 0 Å². The van der Waals surface area contributed by atoms with Crippen LogP contribution in [0.15, 0.2) is 0 Å².